The van der Waals surface area contributed by atoms with Gasteiger partial charge in [0, 0.05) is 24.1 Å². The van der Waals surface area contributed by atoms with E-state index in [0.29, 0.717) is 51.2 Å². The van der Waals surface area contributed by atoms with E-state index in [4.69, 9.17) is 11.6 Å². The molecule has 3 N–H and O–H groups in total. The summed E-state index contributed by atoms with van der Waals surface area (Å²) in [7, 11) is 0. The summed E-state index contributed by atoms with van der Waals surface area (Å²) in [5, 5.41) is 14.1. The first-order valence-electron chi connectivity index (χ1n) is 10.0. The number of nitrogens with one attached hydrogen (secondary N) is 3. The number of carbonyl (C=O) groups is 2. The van der Waals surface area contributed by atoms with E-state index in [9.17, 15) is 18.4 Å². The van der Waals surface area contributed by atoms with Gasteiger partial charge in [-0.2, -0.15) is 5.10 Å². The van der Waals surface area contributed by atoms with Gasteiger partial charge in [-0.1, -0.05) is 17.7 Å². The molecule has 2 aromatic heterocycles. The third-order valence-electron chi connectivity index (χ3n) is 5.72. The first-order valence-corrected chi connectivity index (χ1v) is 11.2. The lowest BCUT2D eigenvalue weighted by atomic mass is 9.86. The summed E-state index contributed by atoms with van der Waals surface area (Å²) >= 11 is 7.43. The van der Waals surface area contributed by atoms with Crippen LogP contribution in [0.1, 0.15) is 27.6 Å². The van der Waals surface area contributed by atoms with Crippen LogP contribution in [0.5, 0.6) is 0 Å². The van der Waals surface area contributed by atoms with E-state index >= 15 is 0 Å². The Morgan fingerprint density at radius 1 is 1.28 bits per heavy atom. The molecule has 11 heteroatoms. The standard InChI is InChI=1S/C21H18ClF2N5O2S/c22-13-7-26-29-9-18(30)28-21-12(19(13)29)6-17(32-21)20(31)27-16-8-25-4-3-11(16)10-1-2-14(23)15(24)5-10/h1-2,5-7,11,16,25H,3-4,8-9H2,(H,27,31)(H,28,30)/t11-,16+/m0/s1. The molecule has 4 heterocycles. The second-order valence-corrected chi connectivity index (χ2v) is 9.21. The van der Waals surface area contributed by atoms with Crippen molar-refractivity contribution in [2.75, 3.05) is 18.4 Å². The van der Waals surface area contributed by atoms with Crippen LogP contribution >= 0.6 is 22.9 Å². The number of nitrogens with zero attached hydrogens (tertiary/aromatic N) is 2. The van der Waals surface area contributed by atoms with Crippen LogP contribution in [-0.2, 0) is 11.3 Å². The van der Waals surface area contributed by atoms with Crippen LogP contribution in [-0.4, -0.2) is 40.7 Å². The molecule has 2 amide bonds. The molecule has 2 atom stereocenters. The van der Waals surface area contributed by atoms with Crippen molar-refractivity contribution >= 4 is 39.8 Å². The summed E-state index contributed by atoms with van der Waals surface area (Å²) in [6, 6.07) is 5.23. The summed E-state index contributed by atoms with van der Waals surface area (Å²) in [5.74, 6) is -2.54. The van der Waals surface area contributed by atoms with E-state index in [1.807, 2.05) is 0 Å². The third kappa shape index (κ3) is 3.78. The van der Waals surface area contributed by atoms with Crippen molar-refractivity contribution in [2.24, 2.45) is 0 Å². The normalized spacial score (nSPS) is 20.2. The summed E-state index contributed by atoms with van der Waals surface area (Å²) in [4.78, 5) is 25.7. The van der Waals surface area contributed by atoms with Crippen molar-refractivity contribution in [3.63, 3.8) is 0 Å². The van der Waals surface area contributed by atoms with Gasteiger partial charge in [0.05, 0.1) is 21.8 Å². The number of carbonyl (C=O) groups excluding carboxylic acids is 2. The van der Waals surface area contributed by atoms with Crippen LogP contribution in [0.25, 0.3) is 11.3 Å². The SMILES string of the molecule is O=C1Cn2ncc(Cl)c2-c2cc(C(=O)N[C@@H]3CNCC[C@H]3c3ccc(F)c(F)c3)sc2N1. The number of benzene rings is 1. The number of halogens is 3. The highest BCUT2D eigenvalue weighted by Gasteiger charge is 2.31. The summed E-state index contributed by atoms with van der Waals surface area (Å²) in [6.45, 7) is 1.24. The van der Waals surface area contributed by atoms with Crippen LogP contribution in [0.3, 0.4) is 0 Å². The Balaban J connectivity index is 1.42. The molecule has 166 valence electrons. The number of rotatable bonds is 3. The van der Waals surface area contributed by atoms with E-state index < -0.39 is 11.6 Å². The monoisotopic (exact) mass is 477 g/mol. The molecule has 1 fully saturated rings. The van der Waals surface area contributed by atoms with Gasteiger partial charge in [-0.25, -0.2) is 8.78 Å². The highest BCUT2D eigenvalue weighted by Crippen LogP contribution is 2.41. The fourth-order valence-electron chi connectivity index (χ4n) is 4.22. The Morgan fingerprint density at radius 3 is 2.94 bits per heavy atom. The highest BCUT2D eigenvalue weighted by molar-refractivity contribution is 7.18. The number of piperidine rings is 1. The van der Waals surface area contributed by atoms with Gasteiger partial charge in [-0.3, -0.25) is 14.3 Å². The first-order chi connectivity index (χ1) is 15.4. The van der Waals surface area contributed by atoms with Crippen LogP contribution in [0.4, 0.5) is 13.8 Å². The predicted molar refractivity (Wildman–Crippen MR) is 117 cm³/mol. The second kappa shape index (κ2) is 8.27. The number of thiophene rings is 1. The molecule has 0 spiro atoms. The van der Waals surface area contributed by atoms with Gasteiger partial charge >= 0.3 is 0 Å². The Bertz CT molecular complexity index is 1230. The maximum absolute atomic E-state index is 13.8. The minimum absolute atomic E-state index is 0.0363. The Morgan fingerprint density at radius 2 is 2.12 bits per heavy atom. The average Bonchev–Trinajstić information content (AvgIpc) is 3.30. The van der Waals surface area contributed by atoms with Gasteiger partial charge in [0.1, 0.15) is 11.5 Å². The molecular weight excluding hydrogens is 460 g/mol. The maximum Gasteiger partial charge on any atom is 0.261 e. The number of hydrogen-bond donors (Lipinski definition) is 3. The largest absolute Gasteiger partial charge is 0.347 e. The average molecular weight is 478 g/mol. The highest BCUT2D eigenvalue weighted by atomic mass is 35.5. The lowest BCUT2D eigenvalue weighted by Crippen LogP contribution is -2.49. The van der Waals surface area contributed by atoms with E-state index in [2.05, 4.69) is 21.0 Å². The molecule has 2 aliphatic rings. The third-order valence-corrected chi connectivity index (χ3v) is 7.05. The van der Waals surface area contributed by atoms with E-state index in [1.165, 1.54) is 16.9 Å². The van der Waals surface area contributed by atoms with Crippen LogP contribution in [0, 0.1) is 11.6 Å². The maximum atomic E-state index is 13.8. The molecule has 5 rings (SSSR count). The van der Waals surface area contributed by atoms with Crippen molar-refractivity contribution < 1.29 is 18.4 Å². The lowest BCUT2D eigenvalue weighted by Gasteiger charge is -2.33. The quantitative estimate of drug-likeness (QED) is 0.539. The summed E-state index contributed by atoms with van der Waals surface area (Å²) < 4.78 is 28.7. The Labute approximate surface area is 190 Å². The molecule has 2 aliphatic heterocycles. The zero-order valence-electron chi connectivity index (χ0n) is 16.6. The van der Waals surface area contributed by atoms with Gasteiger partial charge in [0.2, 0.25) is 5.91 Å². The zero-order valence-corrected chi connectivity index (χ0v) is 18.2. The number of hydrogen-bond acceptors (Lipinski definition) is 5. The number of fused-ring (bicyclic) bond motifs is 3. The van der Waals surface area contributed by atoms with Gasteiger partial charge in [0.25, 0.3) is 5.91 Å². The molecule has 0 aliphatic carbocycles. The van der Waals surface area contributed by atoms with Crippen LogP contribution < -0.4 is 16.0 Å². The summed E-state index contributed by atoms with van der Waals surface area (Å²) in [6.07, 6.45) is 2.14. The fraction of sp³-hybridized carbons (Fsp3) is 0.286. The molecule has 0 radical (unpaired) electrons. The van der Waals surface area contributed by atoms with Gasteiger partial charge in [-0.05, 0) is 36.7 Å². The topological polar surface area (TPSA) is 88.0 Å². The molecule has 1 aromatic carbocycles. The fourth-order valence-corrected chi connectivity index (χ4v) is 5.44. The first kappa shape index (κ1) is 21.0. The van der Waals surface area contributed by atoms with E-state index in [1.54, 1.807) is 12.1 Å². The van der Waals surface area contributed by atoms with Gasteiger partial charge in [0.15, 0.2) is 11.6 Å². The van der Waals surface area contributed by atoms with Crippen molar-refractivity contribution in [3.8, 4) is 11.3 Å². The van der Waals surface area contributed by atoms with Gasteiger partial charge < -0.3 is 16.0 Å². The smallest absolute Gasteiger partial charge is 0.261 e. The molecule has 1 saturated heterocycles. The molecule has 0 unspecified atom stereocenters. The Kier molecular flexibility index (Phi) is 5.44. The van der Waals surface area contributed by atoms with E-state index in [-0.39, 0.29) is 30.3 Å². The van der Waals surface area contributed by atoms with Crippen LogP contribution in [0.15, 0.2) is 30.5 Å². The van der Waals surface area contributed by atoms with E-state index in [0.717, 1.165) is 17.4 Å². The molecule has 0 saturated carbocycles. The minimum atomic E-state index is -0.905. The van der Waals surface area contributed by atoms with Crippen molar-refractivity contribution in [3.05, 3.63) is 57.6 Å². The molecule has 0 bridgehead atoms. The number of aromatic nitrogens is 2. The molecule has 32 heavy (non-hydrogen) atoms. The number of anilines is 1. The second-order valence-electron chi connectivity index (χ2n) is 7.75. The molecule has 3 aromatic rings. The summed E-state index contributed by atoms with van der Waals surface area (Å²) in [5.41, 5.74) is 1.85. The predicted octanol–water partition coefficient (Wildman–Crippen LogP) is 3.37. The van der Waals surface area contributed by atoms with Crippen LogP contribution in [0.2, 0.25) is 5.02 Å². The van der Waals surface area contributed by atoms with Crippen molar-refractivity contribution in [2.45, 2.75) is 24.9 Å². The van der Waals surface area contributed by atoms with Gasteiger partial charge in [-0.15, -0.1) is 11.3 Å². The molecular formula is C21H18ClF2N5O2S. The number of amides is 2. The minimum Gasteiger partial charge on any atom is -0.347 e. The zero-order chi connectivity index (χ0) is 22.4. The lowest BCUT2D eigenvalue weighted by molar-refractivity contribution is -0.116. The van der Waals surface area contributed by atoms with Crippen molar-refractivity contribution in [1.82, 2.24) is 20.4 Å². The van der Waals surface area contributed by atoms with Crippen molar-refractivity contribution in [1.29, 1.82) is 0 Å². The molecule has 7 nitrogen and oxygen atoms in total. The Hall–Kier alpha value is -2.82.